The summed E-state index contributed by atoms with van der Waals surface area (Å²) in [4.78, 5) is 32.6. The Balaban J connectivity index is 2.82. The van der Waals surface area contributed by atoms with Gasteiger partial charge in [0.2, 0.25) is 5.78 Å². The Morgan fingerprint density at radius 2 is 1.79 bits per heavy atom. The van der Waals surface area contributed by atoms with Crippen molar-refractivity contribution in [2.24, 2.45) is 0 Å². The van der Waals surface area contributed by atoms with E-state index in [2.05, 4.69) is 4.74 Å². The summed E-state index contributed by atoms with van der Waals surface area (Å²) >= 11 is 0. The van der Waals surface area contributed by atoms with Crippen molar-refractivity contribution in [3.05, 3.63) is 39.9 Å². The lowest BCUT2D eigenvalue weighted by atomic mass is 10.1. The number of nitrogens with zero attached hydrogens (tertiary/aromatic N) is 1. The molecule has 1 aromatic rings. The number of ether oxygens (including phenoxy) is 1. The molecule has 102 valence electrons. The predicted octanol–water partition coefficient (Wildman–Crippen LogP) is 2.07. The molecule has 0 saturated carbocycles. The van der Waals surface area contributed by atoms with Crippen LogP contribution in [0.15, 0.2) is 24.3 Å². The van der Waals surface area contributed by atoms with E-state index in [9.17, 15) is 24.1 Å². The molecule has 19 heavy (non-hydrogen) atoms. The Bertz CT molecular complexity index is 497. The number of esters is 1. The number of ketones is 1. The number of hydrogen-bond donors (Lipinski definition) is 0. The molecule has 0 amide bonds. The van der Waals surface area contributed by atoms with Gasteiger partial charge in [0.05, 0.1) is 11.0 Å². The highest BCUT2D eigenvalue weighted by atomic mass is 19.1. The summed E-state index contributed by atoms with van der Waals surface area (Å²) < 4.78 is 18.1. The summed E-state index contributed by atoms with van der Waals surface area (Å²) in [5, 5.41) is 10.4. The third-order valence-corrected chi connectivity index (χ3v) is 2.15. The van der Waals surface area contributed by atoms with Crippen LogP contribution in [0.3, 0.4) is 0 Å². The molecule has 1 rings (SSSR count). The second-order valence-electron chi connectivity index (χ2n) is 4.02. The fourth-order valence-corrected chi connectivity index (χ4v) is 1.29. The lowest BCUT2D eigenvalue weighted by molar-refractivity contribution is -0.384. The van der Waals surface area contributed by atoms with Crippen LogP contribution in [0.1, 0.15) is 24.2 Å². The number of carbonyl (C=O) groups is 2. The number of carbonyl (C=O) groups excluding carboxylic acids is 2. The molecule has 1 unspecified atom stereocenters. The van der Waals surface area contributed by atoms with E-state index in [-0.39, 0.29) is 11.3 Å². The van der Waals surface area contributed by atoms with Crippen LogP contribution in [-0.4, -0.2) is 29.0 Å². The van der Waals surface area contributed by atoms with Crippen LogP contribution >= 0.6 is 0 Å². The number of Topliss-reactive ketones (excluding diaryl/α,β-unsaturated/α-hetero) is 1. The number of rotatable bonds is 5. The fourth-order valence-electron chi connectivity index (χ4n) is 1.29. The van der Waals surface area contributed by atoms with Gasteiger partial charge >= 0.3 is 5.97 Å². The van der Waals surface area contributed by atoms with E-state index in [4.69, 9.17) is 0 Å². The van der Waals surface area contributed by atoms with Crippen LogP contribution in [0.25, 0.3) is 0 Å². The highest BCUT2D eigenvalue weighted by Gasteiger charge is 2.29. The minimum atomic E-state index is -2.43. The molecule has 7 heteroatoms. The highest BCUT2D eigenvalue weighted by molar-refractivity contribution is 6.11. The van der Waals surface area contributed by atoms with Crippen molar-refractivity contribution >= 4 is 17.4 Å². The second kappa shape index (κ2) is 6.03. The van der Waals surface area contributed by atoms with Gasteiger partial charge in [-0.2, -0.15) is 0 Å². The normalized spacial score (nSPS) is 12.0. The van der Waals surface area contributed by atoms with E-state index in [1.54, 1.807) is 0 Å². The lowest BCUT2D eigenvalue weighted by Crippen LogP contribution is -2.29. The summed E-state index contributed by atoms with van der Waals surface area (Å²) in [7, 11) is 0. The molecule has 0 N–H and O–H groups in total. The Morgan fingerprint density at radius 3 is 2.21 bits per heavy atom. The maximum Gasteiger partial charge on any atom is 0.349 e. The molecule has 0 saturated heterocycles. The zero-order valence-electron chi connectivity index (χ0n) is 10.3. The Morgan fingerprint density at radius 1 is 1.26 bits per heavy atom. The Kier molecular flexibility index (Phi) is 4.68. The standard InChI is InChI=1S/C12H12FNO5/c1-7(2)19-12(16)10(13)11(15)8-3-5-9(6-4-8)14(17)18/h3-7,10H,1-2H3. The Hall–Kier alpha value is -2.31. The van der Waals surface area contributed by atoms with Crippen molar-refractivity contribution in [3.8, 4) is 0 Å². The summed E-state index contributed by atoms with van der Waals surface area (Å²) in [6.45, 7) is 3.06. The first-order valence-electron chi connectivity index (χ1n) is 5.46. The zero-order chi connectivity index (χ0) is 14.6. The van der Waals surface area contributed by atoms with Crippen molar-refractivity contribution in [3.63, 3.8) is 0 Å². The molecule has 0 bridgehead atoms. The molecule has 1 atom stereocenters. The quantitative estimate of drug-likeness (QED) is 0.268. The van der Waals surface area contributed by atoms with Crippen LogP contribution in [0.4, 0.5) is 10.1 Å². The van der Waals surface area contributed by atoms with Crippen LogP contribution in [0, 0.1) is 10.1 Å². The zero-order valence-corrected chi connectivity index (χ0v) is 10.3. The molecule has 0 aliphatic rings. The van der Waals surface area contributed by atoms with E-state index in [0.29, 0.717) is 0 Å². The number of hydrogen-bond acceptors (Lipinski definition) is 5. The first-order chi connectivity index (χ1) is 8.82. The number of nitro benzene ring substituents is 1. The smallest absolute Gasteiger partial charge is 0.349 e. The maximum atomic E-state index is 13.5. The van der Waals surface area contributed by atoms with Gasteiger partial charge in [0.25, 0.3) is 11.9 Å². The average molecular weight is 269 g/mol. The van der Waals surface area contributed by atoms with Crippen molar-refractivity contribution in [2.75, 3.05) is 0 Å². The van der Waals surface area contributed by atoms with Gasteiger partial charge in [-0.15, -0.1) is 0 Å². The van der Waals surface area contributed by atoms with Gasteiger partial charge in [-0.25, -0.2) is 9.18 Å². The maximum absolute atomic E-state index is 13.5. The molecule has 0 spiro atoms. The summed E-state index contributed by atoms with van der Waals surface area (Å²) in [6.07, 6.45) is -2.96. The summed E-state index contributed by atoms with van der Waals surface area (Å²) in [6, 6.07) is 4.31. The molecule has 0 aliphatic heterocycles. The molecule has 0 aliphatic carbocycles. The van der Waals surface area contributed by atoms with Crippen LogP contribution in [0.2, 0.25) is 0 Å². The van der Waals surface area contributed by atoms with Gasteiger partial charge in [0.15, 0.2) is 0 Å². The summed E-state index contributed by atoms with van der Waals surface area (Å²) in [5.41, 5.74) is -0.351. The van der Waals surface area contributed by atoms with Crippen molar-refractivity contribution in [2.45, 2.75) is 26.1 Å². The lowest BCUT2D eigenvalue weighted by Gasteiger charge is -2.10. The molecule has 0 radical (unpaired) electrons. The highest BCUT2D eigenvalue weighted by Crippen LogP contribution is 2.15. The van der Waals surface area contributed by atoms with E-state index < -0.39 is 29.0 Å². The average Bonchev–Trinajstić information content (AvgIpc) is 2.36. The molecular formula is C12H12FNO5. The van der Waals surface area contributed by atoms with Gasteiger partial charge in [0, 0.05) is 17.7 Å². The van der Waals surface area contributed by atoms with Gasteiger partial charge < -0.3 is 4.74 Å². The first kappa shape index (κ1) is 14.7. The Labute approximate surface area is 108 Å². The van der Waals surface area contributed by atoms with E-state index in [0.717, 1.165) is 24.3 Å². The number of alkyl halides is 1. The molecule has 0 heterocycles. The van der Waals surface area contributed by atoms with Gasteiger partial charge in [-0.05, 0) is 26.0 Å². The third kappa shape index (κ3) is 3.84. The number of halogens is 1. The number of benzene rings is 1. The van der Waals surface area contributed by atoms with Crippen LogP contribution in [0.5, 0.6) is 0 Å². The molecule has 1 aromatic carbocycles. The number of nitro groups is 1. The van der Waals surface area contributed by atoms with Crippen molar-refractivity contribution in [1.82, 2.24) is 0 Å². The molecule has 6 nitrogen and oxygen atoms in total. The third-order valence-electron chi connectivity index (χ3n) is 2.15. The summed E-state index contributed by atoms with van der Waals surface area (Å²) in [5.74, 6) is -2.35. The van der Waals surface area contributed by atoms with E-state index in [1.165, 1.54) is 13.8 Å². The van der Waals surface area contributed by atoms with Crippen LogP contribution < -0.4 is 0 Å². The molecule has 0 aromatic heterocycles. The van der Waals surface area contributed by atoms with Crippen LogP contribution in [-0.2, 0) is 9.53 Å². The SMILES string of the molecule is CC(C)OC(=O)C(F)C(=O)c1ccc([N+](=O)[O-])cc1. The topological polar surface area (TPSA) is 86.5 Å². The molecular weight excluding hydrogens is 257 g/mol. The van der Waals surface area contributed by atoms with Gasteiger partial charge in [-0.3, -0.25) is 14.9 Å². The minimum Gasteiger partial charge on any atom is -0.460 e. The van der Waals surface area contributed by atoms with Crippen molar-refractivity contribution in [1.29, 1.82) is 0 Å². The second-order valence-corrected chi connectivity index (χ2v) is 4.02. The fraction of sp³-hybridized carbons (Fsp3) is 0.333. The van der Waals surface area contributed by atoms with Gasteiger partial charge in [-0.1, -0.05) is 0 Å². The predicted molar refractivity (Wildman–Crippen MR) is 63.6 cm³/mol. The van der Waals surface area contributed by atoms with E-state index in [1.807, 2.05) is 0 Å². The van der Waals surface area contributed by atoms with Gasteiger partial charge in [0.1, 0.15) is 0 Å². The number of non-ortho nitro benzene ring substituents is 1. The van der Waals surface area contributed by atoms with Crippen molar-refractivity contribution < 1.29 is 23.6 Å². The monoisotopic (exact) mass is 269 g/mol. The van der Waals surface area contributed by atoms with E-state index >= 15 is 0 Å². The first-order valence-corrected chi connectivity index (χ1v) is 5.46. The minimum absolute atomic E-state index is 0.126. The molecule has 0 fully saturated rings. The largest absolute Gasteiger partial charge is 0.460 e.